The Morgan fingerprint density at radius 3 is 1.06 bits per heavy atom. The molecule has 5 aliphatic rings. The Labute approximate surface area is 774 Å². The molecule has 2 bridgehead atoms. The number of rotatable bonds is 22. The van der Waals surface area contributed by atoms with E-state index in [1.54, 1.807) is 4.90 Å². The molecule has 1 heterocycles. The quantitative estimate of drug-likeness (QED) is 0.0367. The maximum absolute atomic E-state index is 12.7. The minimum atomic E-state index is -4.33. The molecular formula is C107H132F3N3O12S4. The van der Waals surface area contributed by atoms with Gasteiger partial charge in [-0.3, -0.25) is 4.79 Å². The number of unbranched alkanes of at least 4 members (excludes halogenated alkanes) is 1. The number of aromatic carboxylic acids is 1. The van der Waals surface area contributed by atoms with E-state index in [0.717, 1.165) is 64.2 Å². The topological polar surface area (TPSA) is 228 Å². The number of ketones is 1. The number of carboxylic acid groups (broad SMARTS) is 1. The molecule has 2 amide bonds. The van der Waals surface area contributed by atoms with E-state index in [0.29, 0.717) is 57.4 Å². The van der Waals surface area contributed by atoms with Crippen LogP contribution in [0, 0.1) is 16.7 Å². The molecule has 4 saturated carbocycles. The number of para-hydroxylation sites is 1. The number of ether oxygens (including phenoxy) is 2. The monoisotopic (exact) mass is 1840 g/mol. The van der Waals surface area contributed by atoms with Gasteiger partial charge in [-0.2, -0.15) is 13.2 Å². The predicted molar refractivity (Wildman–Crippen MR) is 513 cm³/mol. The third-order valence-electron chi connectivity index (χ3n) is 24.0. The Hall–Kier alpha value is -9.65. The number of nitrogens with zero attached hydrogens (tertiary/aromatic N) is 3. The number of fused-ring (bicyclic) bond motifs is 2. The number of carboxylic acids is 1. The third kappa shape index (κ3) is 33.6. The van der Waals surface area contributed by atoms with Crippen LogP contribution < -0.4 is 5.11 Å². The van der Waals surface area contributed by atoms with Gasteiger partial charge in [0, 0.05) is 37.0 Å². The van der Waals surface area contributed by atoms with Crippen LogP contribution in [0.1, 0.15) is 201 Å². The first kappa shape index (κ1) is 105. The van der Waals surface area contributed by atoms with Crippen LogP contribution in [-0.4, -0.2) is 124 Å². The lowest BCUT2D eigenvalue weighted by atomic mass is 9.70. The highest BCUT2D eigenvalue weighted by Crippen LogP contribution is 2.64. The largest absolute Gasteiger partial charge is 0.872 e. The molecule has 1 aliphatic heterocycles. The summed E-state index contributed by atoms with van der Waals surface area (Å²) in [5, 5.41) is 31.8. The van der Waals surface area contributed by atoms with Crippen LogP contribution in [0.3, 0.4) is 0 Å². The zero-order valence-electron chi connectivity index (χ0n) is 76.4. The number of carbonyl (C=O) groups is 4. The Kier molecular flexibility index (Phi) is 43.0. The molecule has 15 nitrogen and oxygen atoms in total. The van der Waals surface area contributed by atoms with Crippen molar-refractivity contribution in [3.63, 3.8) is 0 Å². The molecule has 15 rings (SSSR count). The molecule has 2 N–H and O–H groups in total. The molecule has 0 spiro atoms. The number of alkyl halides is 3. The van der Waals surface area contributed by atoms with Crippen LogP contribution in [0.4, 0.5) is 22.8 Å². The van der Waals surface area contributed by atoms with E-state index < -0.39 is 51.3 Å². The number of Topliss-reactive ketones (excluding diaryl/α,β-unsaturated/α-hetero) is 1. The summed E-state index contributed by atoms with van der Waals surface area (Å²) in [7, 11) is -4.37. The van der Waals surface area contributed by atoms with Crippen LogP contribution >= 0.6 is 0 Å². The fourth-order valence-electron chi connectivity index (χ4n) is 16.7. The van der Waals surface area contributed by atoms with Gasteiger partial charge in [0.05, 0.1) is 60.2 Å². The number of halogens is 3. The number of aliphatic hydroxyl groups is 1. The van der Waals surface area contributed by atoms with Crippen molar-refractivity contribution in [2.45, 2.75) is 270 Å². The van der Waals surface area contributed by atoms with Gasteiger partial charge in [-0.1, -0.05) is 287 Å². The summed E-state index contributed by atoms with van der Waals surface area (Å²) in [6, 6.07) is 103. The second-order valence-corrected chi connectivity index (χ2v) is 41.8. The van der Waals surface area contributed by atoms with Crippen molar-refractivity contribution < 1.29 is 70.1 Å². The lowest BCUT2D eigenvalue weighted by Gasteiger charge is -2.42. The number of carbonyl (C=O) groups excluding carboxylic acids is 3. The van der Waals surface area contributed by atoms with Crippen molar-refractivity contribution in [3.8, 4) is 5.75 Å². The minimum absolute atomic E-state index is 0.0146. The van der Waals surface area contributed by atoms with Crippen molar-refractivity contribution >= 4 is 66.7 Å². The van der Waals surface area contributed by atoms with Gasteiger partial charge in [0.2, 0.25) is 0 Å². The van der Waals surface area contributed by atoms with Crippen molar-refractivity contribution in [1.82, 2.24) is 9.80 Å². The molecule has 0 radical (unpaired) electrons. The second-order valence-electron chi connectivity index (χ2n) is 34.3. The highest BCUT2D eigenvalue weighted by Gasteiger charge is 2.64. The fourth-order valence-corrected chi connectivity index (χ4v) is 24.3. The van der Waals surface area contributed by atoms with E-state index in [9.17, 15) is 55.5 Å². The second kappa shape index (κ2) is 53.0. The molecule has 692 valence electrons. The third-order valence-corrected chi connectivity index (χ3v) is 31.5. The highest BCUT2D eigenvalue weighted by atomic mass is 32.2. The summed E-state index contributed by atoms with van der Waals surface area (Å²) >= 11 is 0. The smallest absolute Gasteiger partial charge is 0.410 e. The average molecular weight is 1840 g/mol. The van der Waals surface area contributed by atoms with Crippen molar-refractivity contribution in [2.24, 2.45) is 16.7 Å². The molecule has 129 heavy (non-hydrogen) atoms. The van der Waals surface area contributed by atoms with Gasteiger partial charge in [-0.25, -0.2) is 22.8 Å². The summed E-state index contributed by atoms with van der Waals surface area (Å²) < 4.78 is 78.2. The Morgan fingerprint density at radius 2 is 0.814 bits per heavy atom. The molecule has 1 saturated heterocycles. The number of hydrogen-bond donors (Lipinski definition) is 2. The summed E-state index contributed by atoms with van der Waals surface area (Å²) in [5.41, 5.74) is -2.10. The van der Waals surface area contributed by atoms with Gasteiger partial charge in [0.25, 0.3) is 0 Å². The van der Waals surface area contributed by atoms with E-state index >= 15 is 0 Å². The number of likely N-dealkylation sites (tertiary alicyclic amines) is 1. The first-order valence-corrected chi connectivity index (χ1v) is 50.6. The van der Waals surface area contributed by atoms with Crippen LogP contribution in [0.2, 0.25) is 0 Å². The lowest BCUT2D eigenvalue weighted by Crippen LogP contribution is -2.50. The zero-order chi connectivity index (χ0) is 93.3. The van der Waals surface area contributed by atoms with Gasteiger partial charge in [-0.15, -0.1) is 6.54 Å². The van der Waals surface area contributed by atoms with Gasteiger partial charge < -0.3 is 44.5 Å². The minimum Gasteiger partial charge on any atom is -0.872 e. The van der Waals surface area contributed by atoms with Crippen LogP contribution in [-0.2, 0) is 57.1 Å². The summed E-state index contributed by atoms with van der Waals surface area (Å²) in [5.74, 6) is -1.90. The standard InChI is InChI=1S/3C18H15S.C17H31NO2.C13H25NO3.C10H16O4S.C7H6O3.C6H11F3N/c3*1-4-10-16(11-5-1)19(17-12-6-2-7-13-17)18-14-8-3-9-15-18;1-17(2,3)20-16(19)18(14-10-6-4-7-11-14)15-12-8-5-9-13-15;1-4-13(5-2,6-3)17-12(16)14-9-7-11(15)8-10-14;1-9(2)7-3-4-10(9,8(11)5-7)6-15(12,13)14;8-6-4-2-1-3-5(6)7(9)10;1-2-3-4-10-5-6(7,8)9/h3*1-15H;14-15H,4-13H2,1-3H3;11,15H,4-10H2,1-3H3;7H,3-6H2,1-2H3,(H,12,13,14);1-4,8H,(H,9,10);2-5H2,1H3/q3*+1;;;;;-1/p-2. The van der Waals surface area contributed by atoms with E-state index in [2.05, 4.69) is 304 Å². The molecular weight excluding hydrogens is 1700 g/mol. The fraction of sp³-hybridized carbons (Fsp3) is 0.402. The molecule has 4 aliphatic carbocycles. The predicted octanol–water partition coefficient (Wildman–Crippen LogP) is 25.9. The first-order chi connectivity index (χ1) is 61.9. The summed E-state index contributed by atoms with van der Waals surface area (Å²) in [6.45, 7) is 18.4. The summed E-state index contributed by atoms with van der Waals surface area (Å²) in [6.07, 6.45) is 15.1. The van der Waals surface area contributed by atoms with Crippen LogP contribution in [0.25, 0.3) is 5.32 Å². The van der Waals surface area contributed by atoms with Crippen LogP contribution in [0.15, 0.2) is 341 Å². The number of benzene rings is 10. The van der Waals surface area contributed by atoms with Crippen molar-refractivity contribution in [3.05, 3.63) is 308 Å². The molecule has 10 aromatic carbocycles. The average Bonchev–Trinajstić information content (AvgIpc) is 1.55. The molecule has 2 unspecified atom stereocenters. The Balaban J connectivity index is 0.000000184. The van der Waals surface area contributed by atoms with Gasteiger partial charge in [0.15, 0.2) is 44.1 Å². The summed E-state index contributed by atoms with van der Waals surface area (Å²) in [4.78, 5) is 62.8. The van der Waals surface area contributed by atoms with E-state index in [1.165, 1.54) is 107 Å². The Bertz CT molecular complexity index is 4390. The number of aliphatic hydroxyl groups excluding tert-OH is 1. The van der Waals surface area contributed by atoms with Gasteiger partial charge in [0.1, 0.15) is 17.0 Å². The molecule has 0 aromatic heterocycles. The van der Waals surface area contributed by atoms with Crippen LogP contribution in [0.5, 0.6) is 5.75 Å². The van der Waals surface area contributed by atoms with E-state index in [4.69, 9.17) is 14.6 Å². The lowest BCUT2D eigenvalue weighted by molar-refractivity contribution is -0.268. The van der Waals surface area contributed by atoms with Gasteiger partial charge in [-0.05, 0) is 218 Å². The highest BCUT2D eigenvalue weighted by molar-refractivity contribution is 7.97. The number of amides is 2. The van der Waals surface area contributed by atoms with E-state index in [1.807, 2.05) is 41.5 Å². The molecule has 2 atom stereocenters. The SMILES string of the molecule is CC(C)(C)OC(=O)N(C1CCCCC1)C1CCCCC1.CC1(C)C2CCC1(CS(=O)(=O)[O-])C(=O)C2.CCC(CC)(CC)OC(=O)N1CCC(O)CC1.CCCC[N-]CC(F)(F)F.O=C(O)c1ccccc1[O-].c1ccc([S+](c2ccccc2)c2ccccc2)cc1.c1ccc([S+](c2ccccc2)c2ccccc2)cc1.c1ccc([S+](c2ccccc2)c2ccccc2)cc1. The maximum atomic E-state index is 12.7. The first-order valence-electron chi connectivity index (χ1n) is 45.4. The number of hydrogen-bond acceptors (Lipinski definition) is 11. The van der Waals surface area contributed by atoms with Crippen molar-refractivity contribution in [1.29, 1.82) is 0 Å². The molecule has 22 heteroatoms. The van der Waals surface area contributed by atoms with Gasteiger partial charge >= 0.3 is 24.3 Å². The number of piperidine rings is 1. The Morgan fingerprint density at radius 1 is 0.496 bits per heavy atom. The van der Waals surface area contributed by atoms with Crippen molar-refractivity contribution in [2.75, 3.05) is 31.9 Å². The maximum Gasteiger partial charge on any atom is 0.410 e. The molecule has 10 aromatic rings. The molecule has 5 fully saturated rings. The zero-order valence-corrected chi connectivity index (χ0v) is 79.6. The normalized spacial score (nSPS) is 16.7. The van der Waals surface area contributed by atoms with E-state index in [-0.39, 0.29) is 79.3 Å².